The number of benzene rings is 2. The van der Waals surface area contributed by atoms with Gasteiger partial charge in [0.1, 0.15) is 10.9 Å². The number of hydrogen-bond acceptors (Lipinski definition) is 5. The van der Waals surface area contributed by atoms with Crippen LogP contribution >= 0.6 is 23.2 Å². The second-order valence-corrected chi connectivity index (χ2v) is 8.87. The monoisotopic (exact) mass is 423 g/mol. The van der Waals surface area contributed by atoms with Crippen LogP contribution in [0.2, 0.25) is 10.0 Å². The maximum absolute atomic E-state index is 13.1. The third-order valence-electron chi connectivity index (χ3n) is 4.46. The molecule has 0 N–H and O–H groups in total. The standard InChI is InChI=1S/C18H15Cl2N3O3S/c19-13-9-7-12(8-10-13)17-21-18(26-22-17)15-5-3-11-23(15)27(24,25)16-6-2-1-4-14(16)20/h1-2,4,6-10,15H,3,5,11H2/t15-/m1/s1. The number of rotatable bonds is 4. The van der Waals surface area contributed by atoms with Crippen LogP contribution in [0.1, 0.15) is 24.8 Å². The molecule has 1 aromatic heterocycles. The van der Waals surface area contributed by atoms with E-state index >= 15 is 0 Å². The van der Waals surface area contributed by atoms with Crippen molar-refractivity contribution in [3.05, 3.63) is 64.5 Å². The Balaban J connectivity index is 1.66. The van der Waals surface area contributed by atoms with Gasteiger partial charge in [-0.05, 0) is 49.2 Å². The van der Waals surface area contributed by atoms with Gasteiger partial charge in [0.2, 0.25) is 21.7 Å². The molecule has 3 aromatic rings. The molecule has 1 aliphatic rings. The Kier molecular flexibility index (Phi) is 4.94. The Labute approximate surface area is 166 Å². The maximum Gasteiger partial charge on any atom is 0.245 e. The van der Waals surface area contributed by atoms with Crippen LogP contribution in [-0.4, -0.2) is 29.4 Å². The number of hydrogen-bond donors (Lipinski definition) is 0. The molecule has 2 heterocycles. The van der Waals surface area contributed by atoms with Crippen molar-refractivity contribution in [3.8, 4) is 11.4 Å². The zero-order valence-corrected chi connectivity index (χ0v) is 16.4. The van der Waals surface area contributed by atoms with Gasteiger partial charge in [0.05, 0.1) is 5.02 Å². The first-order valence-electron chi connectivity index (χ1n) is 8.33. The zero-order valence-electron chi connectivity index (χ0n) is 14.0. The Morgan fingerprint density at radius 1 is 1.07 bits per heavy atom. The summed E-state index contributed by atoms with van der Waals surface area (Å²) in [4.78, 5) is 4.49. The third-order valence-corrected chi connectivity index (χ3v) is 7.12. The molecule has 1 fully saturated rings. The van der Waals surface area contributed by atoms with E-state index in [4.69, 9.17) is 27.7 Å². The van der Waals surface area contributed by atoms with Gasteiger partial charge in [0.25, 0.3) is 0 Å². The first kappa shape index (κ1) is 18.4. The van der Waals surface area contributed by atoms with Gasteiger partial charge < -0.3 is 4.52 Å². The van der Waals surface area contributed by atoms with Crippen LogP contribution in [0.15, 0.2) is 57.9 Å². The second-order valence-electron chi connectivity index (χ2n) is 6.17. The lowest BCUT2D eigenvalue weighted by atomic mass is 10.2. The number of aromatic nitrogens is 2. The van der Waals surface area contributed by atoms with Crippen molar-refractivity contribution in [1.29, 1.82) is 0 Å². The summed E-state index contributed by atoms with van der Waals surface area (Å²) >= 11 is 12.0. The van der Waals surface area contributed by atoms with Gasteiger partial charge in [-0.25, -0.2) is 8.42 Å². The fraction of sp³-hybridized carbons (Fsp3) is 0.222. The normalized spacial score (nSPS) is 18.1. The fourth-order valence-corrected chi connectivity index (χ4v) is 5.41. The summed E-state index contributed by atoms with van der Waals surface area (Å²) in [7, 11) is -3.77. The van der Waals surface area contributed by atoms with E-state index in [1.807, 2.05) is 0 Å². The SMILES string of the molecule is O=S(=O)(c1ccccc1Cl)N1CCC[C@@H]1c1nc(-c2ccc(Cl)cc2)no1. The quantitative estimate of drug-likeness (QED) is 0.613. The van der Waals surface area contributed by atoms with Gasteiger partial charge in [-0.15, -0.1) is 0 Å². The van der Waals surface area contributed by atoms with E-state index in [9.17, 15) is 8.42 Å². The summed E-state index contributed by atoms with van der Waals surface area (Å²) in [6, 6.07) is 12.9. The second kappa shape index (κ2) is 7.24. The highest BCUT2D eigenvalue weighted by Crippen LogP contribution is 2.38. The first-order valence-corrected chi connectivity index (χ1v) is 10.5. The lowest BCUT2D eigenvalue weighted by Gasteiger charge is -2.21. The molecule has 0 bridgehead atoms. The molecule has 0 amide bonds. The van der Waals surface area contributed by atoms with E-state index < -0.39 is 16.1 Å². The predicted molar refractivity (Wildman–Crippen MR) is 102 cm³/mol. The van der Waals surface area contributed by atoms with Crippen molar-refractivity contribution in [1.82, 2.24) is 14.4 Å². The Morgan fingerprint density at radius 3 is 2.56 bits per heavy atom. The number of sulfonamides is 1. The Hall–Kier alpha value is -1.93. The molecule has 0 aliphatic carbocycles. The summed E-state index contributed by atoms with van der Waals surface area (Å²) in [5.74, 6) is 0.664. The van der Waals surface area contributed by atoms with Gasteiger partial charge in [0, 0.05) is 17.1 Å². The summed E-state index contributed by atoms with van der Waals surface area (Å²) in [5, 5.41) is 4.79. The highest BCUT2D eigenvalue weighted by Gasteiger charge is 2.40. The van der Waals surface area contributed by atoms with Gasteiger partial charge in [-0.3, -0.25) is 0 Å². The van der Waals surface area contributed by atoms with Crippen LogP contribution in [-0.2, 0) is 10.0 Å². The average molecular weight is 424 g/mol. The van der Waals surface area contributed by atoms with Crippen LogP contribution in [0.25, 0.3) is 11.4 Å². The van der Waals surface area contributed by atoms with Gasteiger partial charge in [-0.2, -0.15) is 9.29 Å². The van der Waals surface area contributed by atoms with E-state index in [0.29, 0.717) is 30.2 Å². The molecule has 0 spiro atoms. The predicted octanol–water partition coefficient (Wildman–Crippen LogP) is 4.57. The van der Waals surface area contributed by atoms with Gasteiger partial charge in [-0.1, -0.05) is 40.5 Å². The van der Waals surface area contributed by atoms with Crippen molar-refractivity contribution in [2.75, 3.05) is 6.54 Å². The minimum absolute atomic E-state index is 0.0796. The van der Waals surface area contributed by atoms with E-state index in [2.05, 4.69) is 10.1 Å². The van der Waals surface area contributed by atoms with Crippen molar-refractivity contribution in [2.24, 2.45) is 0 Å². The molecule has 1 saturated heterocycles. The van der Waals surface area contributed by atoms with Crippen molar-refractivity contribution in [2.45, 2.75) is 23.8 Å². The summed E-state index contributed by atoms with van der Waals surface area (Å²) in [6.07, 6.45) is 1.30. The number of halogens is 2. The summed E-state index contributed by atoms with van der Waals surface area (Å²) < 4.78 is 33.0. The first-order chi connectivity index (χ1) is 13.0. The zero-order chi connectivity index (χ0) is 19.0. The number of nitrogens with zero attached hydrogens (tertiary/aromatic N) is 3. The molecular weight excluding hydrogens is 409 g/mol. The van der Waals surface area contributed by atoms with Crippen molar-refractivity contribution < 1.29 is 12.9 Å². The summed E-state index contributed by atoms with van der Waals surface area (Å²) in [5.41, 5.74) is 0.743. The van der Waals surface area contributed by atoms with Gasteiger partial charge >= 0.3 is 0 Å². The fourth-order valence-electron chi connectivity index (χ4n) is 3.14. The smallest absolute Gasteiger partial charge is 0.245 e. The molecule has 1 atom stereocenters. The van der Waals surface area contributed by atoms with Crippen LogP contribution in [0.4, 0.5) is 0 Å². The molecule has 6 nitrogen and oxygen atoms in total. The molecule has 1 aliphatic heterocycles. The van der Waals surface area contributed by atoms with E-state index in [1.54, 1.807) is 42.5 Å². The van der Waals surface area contributed by atoms with Crippen molar-refractivity contribution >= 4 is 33.2 Å². The molecule has 4 rings (SSSR count). The van der Waals surface area contributed by atoms with E-state index in [0.717, 1.165) is 5.56 Å². The molecule has 27 heavy (non-hydrogen) atoms. The van der Waals surface area contributed by atoms with Crippen molar-refractivity contribution in [3.63, 3.8) is 0 Å². The average Bonchev–Trinajstić information content (AvgIpc) is 3.32. The largest absolute Gasteiger partial charge is 0.337 e. The molecule has 9 heteroatoms. The third kappa shape index (κ3) is 3.48. The lowest BCUT2D eigenvalue weighted by Crippen LogP contribution is -2.31. The molecule has 140 valence electrons. The molecular formula is C18H15Cl2N3O3S. The lowest BCUT2D eigenvalue weighted by molar-refractivity contribution is 0.290. The van der Waals surface area contributed by atoms with E-state index in [1.165, 1.54) is 10.4 Å². The molecule has 0 unspecified atom stereocenters. The Bertz CT molecular complexity index is 1070. The Morgan fingerprint density at radius 2 is 1.81 bits per heavy atom. The molecule has 0 radical (unpaired) electrons. The highest BCUT2D eigenvalue weighted by molar-refractivity contribution is 7.89. The van der Waals surface area contributed by atoms with Gasteiger partial charge in [0.15, 0.2) is 0 Å². The van der Waals surface area contributed by atoms with Crippen LogP contribution in [0.5, 0.6) is 0 Å². The minimum Gasteiger partial charge on any atom is -0.337 e. The highest BCUT2D eigenvalue weighted by atomic mass is 35.5. The van der Waals surface area contributed by atoms with Crippen LogP contribution < -0.4 is 0 Å². The van der Waals surface area contributed by atoms with E-state index in [-0.39, 0.29) is 15.8 Å². The van der Waals surface area contributed by atoms with Crippen LogP contribution in [0, 0.1) is 0 Å². The maximum atomic E-state index is 13.1. The minimum atomic E-state index is -3.77. The topological polar surface area (TPSA) is 76.3 Å². The summed E-state index contributed by atoms with van der Waals surface area (Å²) in [6.45, 7) is 0.372. The molecule has 2 aromatic carbocycles. The van der Waals surface area contributed by atoms with Crippen LogP contribution in [0.3, 0.4) is 0 Å². The molecule has 0 saturated carbocycles.